The Morgan fingerprint density at radius 2 is 2.28 bits per heavy atom. The predicted molar refractivity (Wildman–Crippen MR) is 76.6 cm³/mol. The van der Waals surface area contributed by atoms with Crippen molar-refractivity contribution in [3.05, 3.63) is 27.2 Å². The fourth-order valence-electron chi connectivity index (χ4n) is 1.91. The molecule has 0 atom stereocenters. The van der Waals surface area contributed by atoms with Gasteiger partial charge in [0, 0.05) is 23.1 Å². The Hall–Kier alpha value is -0.520. The van der Waals surface area contributed by atoms with E-state index in [2.05, 4.69) is 27.8 Å². The number of nitrogens with zero attached hydrogens (tertiary/aromatic N) is 3. The first-order valence-corrected chi connectivity index (χ1v) is 8.26. The molecule has 0 spiro atoms. The van der Waals surface area contributed by atoms with Crippen molar-refractivity contribution in [2.24, 2.45) is 0 Å². The third kappa shape index (κ3) is 2.58. The van der Waals surface area contributed by atoms with Gasteiger partial charge in [-0.2, -0.15) is 0 Å². The SMILES string of the molecule is CCn1c(SCc2ccc(Cl)s2)nnc1C1CC1. The smallest absolute Gasteiger partial charge is 0.191 e. The first kappa shape index (κ1) is 12.5. The Morgan fingerprint density at radius 3 is 2.89 bits per heavy atom. The number of thioether (sulfide) groups is 1. The molecule has 2 aromatic heterocycles. The van der Waals surface area contributed by atoms with Gasteiger partial charge in [-0.1, -0.05) is 23.4 Å². The standard InChI is InChI=1S/C12H14ClN3S2/c1-2-16-11(8-3-4-8)14-15-12(16)17-7-9-5-6-10(13)18-9/h5-6,8H,2-4,7H2,1H3. The van der Waals surface area contributed by atoms with Gasteiger partial charge in [0.05, 0.1) is 4.34 Å². The van der Waals surface area contributed by atoms with Crippen molar-refractivity contribution in [3.8, 4) is 0 Å². The van der Waals surface area contributed by atoms with E-state index in [1.165, 1.54) is 23.5 Å². The van der Waals surface area contributed by atoms with Gasteiger partial charge in [0.2, 0.25) is 0 Å². The van der Waals surface area contributed by atoms with Crippen LogP contribution in [0.3, 0.4) is 0 Å². The molecule has 1 aliphatic carbocycles. The zero-order valence-electron chi connectivity index (χ0n) is 10.1. The van der Waals surface area contributed by atoms with Gasteiger partial charge in [-0.25, -0.2) is 0 Å². The highest BCUT2D eigenvalue weighted by Gasteiger charge is 2.29. The largest absolute Gasteiger partial charge is 0.306 e. The van der Waals surface area contributed by atoms with Gasteiger partial charge in [-0.05, 0) is 31.9 Å². The average Bonchev–Trinajstić information content (AvgIpc) is 3.00. The van der Waals surface area contributed by atoms with E-state index in [0.29, 0.717) is 5.92 Å². The average molecular weight is 300 g/mol. The quantitative estimate of drug-likeness (QED) is 0.776. The second-order valence-corrected chi connectivity index (χ2v) is 7.10. The van der Waals surface area contributed by atoms with Crippen LogP contribution in [-0.4, -0.2) is 14.8 Å². The van der Waals surface area contributed by atoms with Crippen LogP contribution in [0.15, 0.2) is 17.3 Å². The minimum absolute atomic E-state index is 0.656. The lowest BCUT2D eigenvalue weighted by Crippen LogP contribution is -2.01. The van der Waals surface area contributed by atoms with Gasteiger partial charge in [0.25, 0.3) is 0 Å². The van der Waals surface area contributed by atoms with Crippen LogP contribution >= 0.6 is 34.7 Å². The molecular formula is C12H14ClN3S2. The summed E-state index contributed by atoms with van der Waals surface area (Å²) in [5.74, 6) is 2.74. The van der Waals surface area contributed by atoms with E-state index in [0.717, 1.165) is 21.8 Å². The van der Waals surface area contributed by atoms with E-state index >= 15 is 0 Å². The molecule has 0 aromatic carbocycles. The summed E-state index contributed by atoms with van der Waals surface area (Å²) in [6.45, 7) is 3.10. The van der Waals surface area contributed by atoms with Gasteiger partial charge in [0.15, 0.2) is 5.16 Å². The minimum atomic E-state index is 0.656. The molecule has 2 aromatic rings. The van der Waals surface area contributed by atoms with Crippen LogP contribution in [-0.2, 0) is 12.3 Å². The molecule has 0 saturated heterocycles. The molecule has 0 bridgehead atoms. The molecule has 3 nitrogen and oxygen atoms in total. The normalized spacial score (nSPS) is 15.2. The zero-order chi connectivity index (χ0) is 12.5. The van der Waals surface area contributed by atoms with Crippen molar-refractivity contribution in [2.45, 2.75) is 43.1 Å². The van der Waals surface area contributed by atoms with E-state index in [9.17, 15) is 0 Å². The molecule has 1 saturated carbocycles. The summed E-state index contributed by atoms with van der Waals surface area (Å²) in [6, 6.07) is 4.02. The summed E-state index contributed by atoms with van der Waals surface area (Å²) in [4.78, 5) is 1.28. The molecule has 96 valence electrons. The summed E-state index contributed by atoms with van der Waals surface area (Å²) in [7, 11) is 0. The lowest BCUT2D eigenvalue weighted by molar-refractivity contribution is 0.643. The number of hydrogen-bond donors (Lipinski definition) is 0. The maximum absolute atomic E-state index is 5.93. The molecular weight excluding hydrogens is 286 g/mol. The van der Waals surface area contributed by atoms with Crippen molar-refractivity contribution in [3.63, 3.8) is 0 Å². The van der Waals surface area contributed by atoms with E-state index in [1.54, 1.807) is 23.1 Å². The molecule has 1 aliphatic rings. The van der Waals surface area contributed by atoms with Crippen molar-refractivity contribution in [1.82, 2.24) is 14.8 Å². The molecule has 3 rings (SSSR count). The Labute approximate surface area is 120 Å². The third-order valence-electron chi connectivity index (χ3n) is 2.98. The highest BCUT2D eigenvalue weighted by molar-refractivity contribution is 7.98. The second kappa shape index (κ2) is 5.23. The molecule has 0 amide bonds. The fraction of sp³-hybridized carbons (Fsp3) is 0.500. The molecule has 0 N–H and O–H groups in total. The maximum Gasteiger partial charge on any atom is 0.191 e. The number of hydrogen-bond acceptors (Lipinski definition) is 4. The van der Waals surface area contributed by atoms with Crippen LogP contribution in [0.5, 0.6) is 0 Å². The second-order valence-electron chi connectivity index (χ2n) is 4.35. The van der Waals surface area contributed by atoms with Crippen molar-refractivity contribution in [1.29, 1.82) is 0 Å². The predicted octanol–water partition coefficient (Wildman–Crippen LogP) is 4.18. The number of thiophene rings is 1. The highest BCUT2D eigenvalue weighted by Crippen LogP contribution is 2.40. The first-order chi connectivity index (χ1) is 8.78. The molecule has 6 heteroatoms. The van der Waals surface area contributed by atoms with Gasteiger partial charge in [0.1, 0.15) is 5.82 Å². The van der Waals surface area contributed by atoms with Crippen molar-refractivity contribution in [2.75, 3.05) is 0 Å². The maximum atomic E-state index is 5.93. The summed E-state index contributed by atoms with van der Waals surface area (Å²) in [6.07, 6.45) is 2.53. The van der Waals surface area contributed by atoms with Crippen LogP contribution in [0, 0.1) is 0 Å². The van der Waals surface area contributed by atoms with Gasteiger partial charge >= 0.3 is 0 Å². The van der Waals surface area contributed by atoms with E-state index in [4.69, 9.17) is 11.6 Å². The van der Waals surface area contributed by atoms with Crippen LogP contribution in [0.4, 0.5) is 0 Å². The lowest BCUT2D eigenvalue weighted by Gasteiger charge is -2.05. The Bertz CT molecular complexity index is 545. The van der Waals surface area contributed by atoms with Gasteiger partial charge < -0.3 is 4.57 Å². The summed E-state index contributed by atoms with van der Waals surface area (Å²) >= 11 is 9.31. The molecule has 0 aliphatic heterocycles. The van der Waals surface area contributed by atoms with Crippen LogP contribution < -0.4 is 0 Å². The van der Waals surface area contributed by atoms with Crippen LogP contribution in [0.25, 0.3) is 0 Å². The zero-order valence-corrected chi connectivity index (χ0v) is 12.5. The monoisotopic (exact) mass is 299 g/mol. The molecule has 18 heavy (non-hydrogen) atoms. The minimum Gasteiger partial charge on any atom is -0.306 e. The Balaban J connectivity index is 1.72. The van der Waals surface area contributed by atoms with Gasteiger partial charge in [-0.3, -0.25) is 0 Å². The van der Waals surface area contributed by atoms with Crippen molar-refractivity contribution >= 4 is 34.7 Å². The Kier molecular flexibility index (Phi) is 3.63. The first-order valence-electron chi connectivity index (χ1n) is 6.08. The molecule has 0 radical (unpaired) electrons. The Morgan fingerprint density at radius 1 is 1.44 bits per heavy atom. The van der Waals surface area contributed by atoms with E-state index < -0.39 is 0 Å². The summed E-state index contributed by atoms with van der Waals surface area (Å²) < 4.78 is 3.10. The third-order valence-corrected chi connectivity index (χ3v) is 5.41. The molecule has 1 fully saturated rings. The topological polar surface area (TPSA) is 30.7 Å². The van der Waals surface area contributed by atoms with E-state index in [-0.39, 0.29) is 0 Å². The van der Waals surface area contributed by atoms with Crippen LogP contribution in [0.1, 0.15) is 36.4 Å². The van der Waals surface area contributed by atoms with E-state index in [1.807, 2.05) is 6.07 Å². The lowest BCUT2D eigenvalue weighted by atomic mass is 10.4. The number of aromatic nitrogens is 3. The molecule has 0 unspecified atom stereocenters. The van der Waals surface area contributed by atoms with Crippen LogP contribution in [0.2, 0.25) is 4.34 Å². The number of halogens is 1. The number of rotatable bonds is 5. The van der Waals surface area contributed by atoms with Crippen molar-refractivity contribution < 1.29 is 0 Å². The summed E-state index contributed by atoms with van der Waals surface area (Å²) in [5.41, 5.74) is 0. The highest BCUT2D eigenvalue weighted by atomic mass is 35.5. The van der Waals surface area contributed by atoms with Gasteiger partial charge in [-0.15, -0.1) is 21.5 Å². The fourth-order valence-corrected chi connectivity index (χ4v) is 4.05. The molecule has 2 heterocycles. The summed E-state index contributed by atoms with van der Waals surface area (Å²) in [5, 5.41) is 9.69.